The summed E-state index contributed by atoms with van der Waals surface area (Å²) >= 11 is 0. The first-order valence-electron chi connectivity index (χ1n) is 7.71. The van der Waals surface area contributed by atoms with E-state index in [2.05, 4.69) is 4.72 Å². The minimum absolute atomic E-state index is 0.0440. The van der Waals surface area contributed by atoms with E-state index in [0.29, 0.717) is 4.90 Å². The van der Waals surface area contributed by atoms with Gasteiger partial charge in [-0.1, -0.05) is 38.5 Å². The van der Waals surface area contributed by atoms with Gasteiger partial charge in [-0.25, -0.2) is 17.3 Å². The van der Waals surface area contributed by atoms with Gasteiger partial charge in [-0.05, 0) is 45.2 Å². The van der Waals surface area contributed by atoms with Crippen LogP contribution in [0.1, 0.15) is 47.1 Å². The summed E-state index contributed by atoms with van der Waals surface area (Å²) in [6.07, 6.45) is 0. The lowest BCUT2D eigenvalue weighted by Crippen LogP contribution is -2.48. The van der Waals surface area contributed by atoms with Gasteiger partial charge in [0.25, 0.3) is 0 Å². The molecule has 1 rings (SSSR count). The Balaban J connectivity index is 3.01. The fourth-order valence-electron chi connectivity index (χ4n) is 1.79. The maximum Gasteiger partial charge on any atom is 0.156 e. The molecular weight excluding hydrogens is 330 g/mol. The molecule has 0 saturated carbocycles. The van der Waals surface area contributed by atoms with Gasteiger partial charge in [-0.2, -0.15) is 0 Å². The molecule has 0 heterocycles. The largest absolute Gasteiger partial charge is 0.237 e. The van der Waals surface area contributed by atoms with E-state index in [4.69, 9.17) is 0 Å². The van der Waals surface area contributed by atoms with Crippen LogP contribution in [0.5, 0.6) is 0 Å². The first kappa shape index (κ1) is 20.3. The van der Waals surface area contributed by atoms with Crippen LogP contribution in [0, 0.1) is 12.3 Å². The number of hydrogen-bond acceptors (Lipinski definition) is 3. The standard InChI is InChI=1S/C17H29NO3S2/c1-13-8-10-14(11-9-13)22(19)18-15(16(2,3)4)12-23(20,21)17(5,6)7/h8-11,15,18H,12H2,1-7H3/t15-,22?/m0/s1. The molecule has 6 heteroatoms. The van der Waals surface area contributed by atoms with E-state index in [-0.39, 0.29) is 11.2 Å². The van der Waals surface area contributed by atoms with Crippen LogP contribution in [-0.2, 0) is 20.8 Å². The van der Waals surface area contributed by atoms with E-state index in [0.717, 1.165) is 5.56 Å². The van der Waals surface area contributed by atoms with Crippen molar-refractivity contribution in [3.05, 3.63) is 29.8 Å². The Bertz CT molecular complexity index is 651. The number of nitrogens with one attached hydrogen (secondary N) is 1. The molecule has 0 bridgehead atoms. The molecule has 0 amide bonds. The quantitative estimate of drug-likeness (QED) is 0.878. The number of hydrogen-bond donors (Lipinski definition) is 1. The molecule has 0 aliphatic carbocycles. The third-order valence-electron chi connectivity index (χ3n) is 3.85. The maximum atomic E-state index is 12.6. The van der Waals surface area contributed by atoms with E-state index in [1.807, 2.05) is 39.8 Å². The predicted octanol–water partition coefficient (Wildman–Crippen LogP) is 3.24. The second kappa shape index (κ2) is 7.03. The zero-order valence-corrected chi connectivity index (χ0v) is 16.8. The molecule has 0 aliphatic heterocycles. The molecule has 0 spiro atoms. The molecule has 2 atom stereocenters. The normalized spacial score (nSPS) is 16.1. The van der Waals surface area contributed by atoms with Gasteiger partial charge in [0.1, 0.15) is 11.0 Å². The zero-order valence-electron chi connectivity index (χ0n) is 15.1. The molecule has 23 heavy (non-hydrogen) atoms. The summed E-state index contributed by atoms with van der Waals surface area (Å²) in [4.78, 5) is 0.651. The van der Waals surface area contributed by atoms with Crippen molar-refractivity contribution in [2.45, 2.75) is 64.2 Å². The van der Waals surface area contributed by atoms with E-state index in [9.17, 15) is 12.6 Å². The van der Waals surface area contributed by atoms with Crippen molar-refractivity contribution in [2.75, 3.05) is 5.75 Å². The van der Waals surface area contributed by atoms with Gasteiger partial charge in [0.05, 0.1) is 15.4 Å². The van der Waals surface area contributed by atoms with Crippen LogP contribution >= 0.6 is 0 Å². The average molecular weight is 360 g/mol. The summed E-state index contributed by atoms with van der Waals surface area (Å²) < 4.78 is 39.8. The first-order chi connectivity index (χ1) is 10.2. The molecule has 1 N–H and O–H groups in total. The van der Waals surface area contributed by atoms with Crippen LogP contribution in [0.25, 0.3) is 0 Å². The van der Waals surface area contributed by atoms with Gasteiger partial charge in [0, 0.05) is 6.04 Å². The second-order valence-corrected chi connectivity index (χ2v) is 12.0. The molecular formula is C17H29NO3S2. The molecule has 0 aromatic heterocycles. The average Bonchev–Trinajstić information content (AvgIpc) is 2.35. The van der Waals surface area contributed by atoms with Gasteiger partial charge in [-0.15, -0.1) is 0 Å². The summed E-state index contributed by atoms with van der Waals surface area (Å²) in [5.41, 5.74) is 0.756. The lowest BCUT2D eigenvalue weighted by molar-refractivity contribution is 0.321. The zero-order chi connectivity index (χ0) is 18.1. The van der Waals surface area contributed by atoms with E-state index in [1.54, 1.807) is 32.9 Å². The lowest BCUT2D eigenvalue weighted by atomic mass is 9.89. The summed E-state index contributed by atoms with van der Waals surface area (Å²) in [5.74, 6) is -0.0440. The Kier molecular flexibility index (Phi) is 6.21. The Morgan fingerprint density at radius 3 is 1.91 bits per heavy atom. The van der Waals surface area contributed by atoms with Gasteiger partial charge in [-0.3, -0.25) is 0 Å². The van der Waals surface area contributed by atoms with Gasteiger partial charge >= 0.3 is 0 Å². The Morgan fingerprint density at radius 2 is 1.52 bits per heavy atom. The van der Waals surface area contributed by atoms with Gasteiger partial charge in [0.15, 0.2) is 9.84 Å². The smallest absolute Gasteiger partial charge is 0.156 e. The van der Waals surface area contributed by atoms with Crippen molar-refractivity contribution in [1.82, 2.24) is 4.72 Å². The monoisotopic (exact) mass is 359 g/mol. The summed E-state index contributed by atoms with van der Waals surface area (Å²) in [6, 6.07) is 6.99. The molecule has 132 valence electrons. The van der Waals surface area contributed by atoms with Crippen molar-refractivity contribution < 1.29 is 12.6 Å². The van der Waals surface area contributed by atoms with Gasteiger partial charge in [0.2, 0.25) is 0 Å². The topological polar surface area (TPSA) is 63.2 Å². The van der Waals surface area contributed by atoms with Crippen molar-refractivity contribution in [1.29, 1.82) is 0 Å². The Hall–Kier alpha value is -0.720. The first-order valence-corrected chi connectivity index (χ1v) is 10.5. The molecule has 0 fully saturated rings. The lowest BCUT2D eigenvalue weighted by Gasteiger charge is -2.33. The highest BCUT2D eigenvalue weighted by Crippen LogP contribution is 2.26. The van der Waals surface area contributed by atoms with Crippen molar-refractivity contribution in [2.24, 2.45) is 5.41 Å². The Labute approximate surface area is 143 Å². The summed E-state index contributed by atoms with van der Waals surface area (Å²) in [5, 5.41) is 0. The molecule has 1 unspecified atom stereocenters. The highest BCUT2D eigenvalue weighted by atomic mass is 32.2. The number of rotatable bonds is 5. The minimum Gasteiger partial charge on any atom is -0.237 e. The van der Waals surface area contributed by atoms with Crippen molar-refractivity contribution in [3.63, 3.8) is 0 Å². The fraction of sp³-hybridized carbons (Fsp3) is 0.647. The highest BCUT2D eigenvalue weighted by Gasteiger charge is 2.36. The van der Waals surface area contributed by atoms with Crippen LogP contribution in [0.2, 0.25) is 0 Å². The molecule has 1 aromatic rings. The fourth-order valence-corrected chi connectivity index (χ4v) is 4.63. The maximum absolute atomic E-state index is 12.6. The van der Waals surface area contributed by atoms with Crippen molar-refractivity contribution in [3.8, 4) is 0 Å². The minimum atomic E-state index is -3.31. The molecule has 4 nitrogen and oxygen atoms in total. The third kappa shape index (κ3) is 5.69. The van der Waals surface area contributed by atoms with E-state index >= 15 is 0 Å². The molecule has 0 radical (unpaired) electrons. The van der Waals surface area contributed by atoms with Crippen molar-refractivity contribution >= 4 is 20.8 Å². The van der Waals surface area contributed by atoms with E-state index < -0.39 is 31.6 Å². The molecule has 0 saturated heterocycles. The van der Waals surface area contributed by atoms with Crippen LogP contribution < -0.4 is 4.72 Å². The molecule has 0 aliphatic rings. The molecule has 1 aromatic carbocycles. The Morgan fingerprint density at radius 1 is 1.04 bits per heavy atom. The number of sulfone groups is 1. The summed E-state index contributed by atoms with van der Waals surface area (Å²) in [7, 11) is -4.76. The highest BCUT2D eigenvalue weighted by molar-refractivity contribution is 7.92. The van der Waals surface area contributed by atoms with Crippen LogP contribution in [0.15, 0.2) is 29.2 Å². The van der Waals surface area contributed by atoms with Crippen LogP contribution in [0.3, 0.4) is 0 Å². The van der Waals surface area contributed by atoms with Gasteiger partial charge < -0.3 is 0 Å². The predicted molar refractivity (Wildman–Crippen MR) is 97.5 cm³/mol. The number of benzene rings is 1. The SMILES string of the molecule is Cc1ccc(S(=O)N[C@@H](CS(=O)(=O)C(C)(C)C)C(C)(C)C)cc1. The number of aryl methyl sites for hydroxylation is 1. The van der Waals surface area contributed by atoms with Crippen LogP contribution in [0.4, 0.5) is 0 Å². The second-order valence-electron chi connectivity index (χ2n) is 8.01. The summed E-state index contributed by atoms with van der Waals surface area (Å²) in [6.45, 7) is 12.9. The third-order valence-corrected chi connectivity index (χ3v) is 7.69. The van der Waals surface area contributed by atoms with E-state index in [1.165, 1.54) is 0 Å². The van der Waals surface area contributed by atoms with Crippen LogP contribution in [-0.4, -0.2) is 29.2 Å².